The smallest absolute Gasteiger partial charge is 0.339 e. The van der Waals surface area contributed by atoms with E-state index >= 15 is 0 Å². The molecular weight excluding hydrogens is 478 g/mol. The molecule has 0 aliphatic carbocycles. The number of nitriles is 1. The van der Waals surface area contributed by atoms with Gasteiger partial charge in [-0.25, -0.2) is 4.98 Å². The number of benzene rings is 3. The summed E-state index contributed by atoms with van der Waals surface area (Å²) >= 11 is 3.36. The van der Waals surface area contributed by atoms with E-state index in [1.807, 2.05) is 31.2 Å². The van der Waals surface area contributed by atoms with Gasteiger partial charge in [-0.3, -0.25) is 0 Å². The second-order valence-corrected chi connectivity index (χ2v) is 9.21. The SMILES string of the molecule is Cc1ccc(S(=O)(=O)Oc2ccc(/C=C(\C#N)c3nc4ccccc4[nH]3)cc2Br)cc1. The van der Waals surface area contributed by atoms with Crippen molar-refractivity contribution in [2.24, 2.45) is 0 Å². The predicted octanol–water partition coefficient (Wildman–Crippen LogP) is 5.47. The monoisotopic (exact) mass is 493 g/mol. The summed E-state index contributed by atoms with van der Waals surface area (Å²) in [5, 5.41) is 9.59. The van der Waals surface area contributed by atoms with E-state index in [0.717, 1.165) is 16.6 Å². The maximum absolute atomic E-state index is 12.5. The fourth-order valence-corrected chi connectivity index (χ4v) is 4.48. The quantitative estimate of drug-likeness (QED) is 0.293. The predicted molar refractivity (Wildman–Crippen MR) is 123 cm³/mol. The van der Waals surface area contributed by atoms with Crippen molar-refractivity contribution in [3.8, 4) is 11.8 Å². The Morgan fingerprint density at radius 3 is 2.55 bits per heavy atom. The normalized spacial score (nSPS) is 12.0. The maximum Gasteiger partial charge on any atom is 0.339 e. The topological polar surface area (TPSA) is 95.8 Å². The third kappa shape index (κ3) is 4.53. The van der Waals surface area contributed by atoms with Gasteiger partial charge in [-0.2, -0.15) is 13.7 Å². The van der Waals surface area contributed by atoms with E-state index in [2.05, 4.69) is 32.0 Å². The second kappa shape index (κ2) is 8.38. The lowest BCUT2D eigenvalue weighted by Gasteiger charge is -2.09. The molecule has 8 heteroatoms. The number of hydrogen-bond donors (Lipinski definition) is 1. The Balaban J connectivity index is 1.62. The molecule has 0 saturated carbocycles. The van der Waals surface area contributed by atoms with Crippen LogP contribution < -0.4 is 4.18 Å². The van der Waals surface area contributed by atoms with Crippen molar-refractivity contribution in [2.75, 3.05) is 0 Å². The number of fused-ring (bicyclic) bond motifs is 1. The largest absolute Gasteiger partial charge is 0.378 e. The molecule has 0 atom stereocenters. The Bertz CT molecular complexity index is 1420. The molecule has 6 nitrogen and oxygen atoms in total. The molecule has 4 aromatic rings. The molecule has 1 aromatic heterocycles. The van der Waals surface area contributed by atoms with E-state index in [4.69, 9.17) is 4.18 Å². The van der Waals surface area contributed by atoms with Crippen molar-refractivity contribution in [3.05, 3.63) is 88.2 Å². The first-order chi connectivity index (χ1) is 14.9. The van der Waals surface area contributed by atoms with Crippen LogP contribution in [0.25, 0.3) is 22.7 Å². The summed E-state index contributed by atoms with van der Waals surface area (Å²) in [4.78, 5) is 7.65. The fourth-order valence-electron chi connectivity index (χ4n) is 2.95. The number of nitrogens with one attached hydrogen (secondary N) is 1. The molecule has 0 radical (unpaired) electrons. The van der Waals surface area contributed by atoms with Gasteiger partial charge in [0.15, 0.2) is 5.75 Å². The van der Waals surface area contributed by atoms with Crippen LogP contribution >= 0.6 is 15.9 Å². The van der Waals surface area contributed by atoms with Crippen molar-refractivity contribution in [1.82, 2.24) is 9.97 Å². The first-order valence-corrected chi connectivity index (χ1v) is 11.4. The van der Waals surface area contributed by atoms with Gasteiger partial charge in [-0.05, 0) is 70.9 Å². The van der Waals surface area contributed by atoms with Gasteiger partial charge in [0.1, 0.15) is 16.8 Å². The molecule has 0 amide bonds. The third-order valence-electron chi connectivity index (χ3n) is 4.54. The minimum absolute atomic E-state index is 0.0747. The van der Waals surface area contributed by atoms with Crippen LogP contribution in [-0.4, -0.2) is 18.4 Å². The minimum atomic E-state index is -3.96. The molecular formula is C23H16BrN3O3S. The highest BCUT2D eigenvalue weighted by molar-refractivity contribution is 9.10. The number of rotatable bonds is 5. The zero-order valence-electron chi connectivity index (χ0n) is 16.3. The summed E-state index contributed by atoms with van der Waals surface area (Å²) in [6.45, 7) is 1.88. The van der Waals surface area contributed by atoms with Gasteiger partial charge in [-0.15, -0.1) is 0 Å². The van der Waals surface area contributed by atoms with Gasteiger partial charge < -0.3 is 9.17 Å². The second-order valence-electron chi connectivity index (χ2n) is 6.81. The Labute approximate surface area is 188 Å². The molecule has 0 bridgehead atoms. The van der Waals surface area contributed by atoms with E-state index in [0.29, 0.717) is 21.4 Å². The lowest BCUT2D eigenvalue weighted by molar-refractivity contribution is 0.484. The Hall–Kier alpha value is -3.41. The molecule has 1 N–H and O–H groups in total. The summed E-state index contributed by atoms with van der Waals surface area (Å²) in [5.74, 6) is 0.613. The van der Waals surface area contributed by atoms with Crippen molar-refractivity contribution >= 4 is 48.7 Å². The fraction of sp³-hybridized carbons (Fsp3) is 0.0435. The molecule has 0 unspecified atom stereocenters. The van der Waals surface area contributed by atoms with E-state index in [-0.39, 0.29) is 10.6 Å². The first kappa shape index (κ1) is 20.8. The molecule has 0 aliphatic rings. The number of halogens is 1. The molecule has 3 aromatic carbocycles. The summed E-state index contributed by atoms with van der Waals surface area (Å²) < 4.78 is 30.8. The van der Waals surface area contributed by atoms with Crippen LogP contribution in [0.3, 0.4) is 0 Å². The number of hydrogen-bond acceptors (Lipinski definition) is 5. The summed E-state index contributed by atoms with van der Waals surface area (Å²) in [6, 6.07) is 21.0. The van der Waals surface area contributed by atoms with Gasteiger partial charge >= 0.3 is 10.1 Å². The maximum atomic E-state index is 12.5. The number of para-hydroxylation sites is 2. The average Bonchev–Trinajstić information content (AvgIpc) is 3.18. The van der Waals surface area contributed by atoms with Crippen LogP contribution in [0, 0.1) is 18.3 Å². The zero-order valence-corrected chi connectivity index (χ0v) is 18.7. The van der Waals surface area contributed by atoms with Crippen molar-refractivity contribution in [3.63, 3.8) is 0 Å². The number of imidazole rings is 1. The highest BCUT2D eigenvalue weighted by atomic mass is 79.9. The van der Waals surface area contributed by atoms with E-state index < -0.39 is 10.1 Å². The van der Waals surface area contributed by atoms with Crippen molar-refractivity contribution in [2.45, 2.75) is 11.8 Å². The molecule has 4 rings (SSSR count). The van der Waals surface area contributed by atoms with Crippen LogP contribution in [-0.2, 0) is 10.1 Å². The molecule has 0 saturated heterocycles. The minimum Gasteiger partial charge on any atom is -0.378 e. The number of H-pyrrole nitrogens is 1. The average molecular weight is 494 g/mol. The van der Waals surface area contributed by atoms with Crippen molar-refractivity contribution in [1.29, 1.82) is 5.26 Å². The van der Waals surface area contributed by atoms with Crippen molar-refractivity contribution < 1.29 is 12.6 Å². The lowest BCUT2D eigenvalue weighted by atomic mass is 10.1. The zero-order chi connectivity index (χ0) is 22.0. The van der Waals surface area contributed by atoms with Gasteiger partial charge in [0.05, 0.1) is 21.1 Å². The Morgan fingerprint density at radius 1 is 1.13 bits per heavy atom. The van der Waals surface area contributed by atoms with Gasteiger partial charge in [0.25, 0.3) is 0 Å². The van der Waals surface area contributed by atoms with E-state index in [1.54, 1.807) is 30.3 Å². The number of aryl methyl sites for hydroxylation is 1. The standard InChI is InChI=1S/C23H16BrN3O3S/c1-15-6-9-18(10-7-15)31(28,29)30-22-11-8-16(13-19(22)24)12-17(14-25)23-26-20-4-2-3-5-21(20)27-23/h2-13H,1H3,(H,26,27)/b17-12+. The highest BCUT2D eigenvalue weighted by Crippen LogP contribution is 2.30. The molecule has 154 valence electrons. The van der Waals surface area contributed by atoms with E-state index in [9.17, 15) is 13.7 Å². The summed E-state index contributed by atoms with van der Waals surface area (Å²) in [6.07, 6.45) is 1.67. The van der Waals surface area contributed by atoms with Gasteiger partial charge in [0, 0.05) is 0 Å². The molecule has 31 heavy (non-hydrogen) atoms. The van der Waals surface area contributed by atoms with Gasteiger partial charge in [-0.1, -0.05) is 35.9 Å². The van der Waals surface area contributed by atoms with Gasteiger partial charge in [0.2, 0.25) is 0 Å². The third-order valence-corrected chi connectivity index (χ3v) is 6.41. The Kier molecular flexibility index (Phi) is 5.63. The number of nitrogens with zero attached hydrogens (tertiary/aromatic N) is 2. The van der Waals surface area contributed by atoms with Crippen LogP contribution in [0.15, 0.2) is 76.1 Å². The lowest BCUT2D eigenvalue weighted by Crippen LogP contribution is -2.10. The summed E-state index contributed by atoms with van der Waals surface area (Å²) in [7, 11) is -3.96. The van der Waals surface area contributed by atoms with Crippen LogP contribution in [0.1, 0.15) is 17.0 Å². The molecule has 0 spiro atoms. The van der Waals surface area contributed by atoms with Crippen LogP contribution in [0.2, 0.25) is 0 Å². The highest BCUT2D eigenvalue weighted by Gasteiger charge is 2.18. The number of allylic oxidation sites excluding steroid dienone is 1. The molecule has 1 heterocycles. The number of aromatic nitrogens is 2. The van der Waals surface area contributed by atoms with Crippen LogP contribution in [0.5, 0.6) is 5.75 Å². The van der Waals surface area contributed by atoms with Crippen LogP contribution in [0.4, 0.5) is 0 Å². The first-order valence-electron chi connectivity index (χ1n) is 9.23. The molecule has 0 fully saturated rings. The summed E-state index contributed by atoms with van der Waals surface area (Å²) in [5.41, 5.74) is 3.59. The Morgan fingerprint density at radius 2 is 1.87 bits per heavy atom. The van der Waals surface area contributed by atoms with E-state index in [1.165, 1.54) is 18.2 Å². The molecule has 0 aliphatic heterocycles. The number of aromatic amines is 1.